The third kappa shape index (κ3) is 2.04. The maximum atomic E-state index is 12.0. The molecule has 1 atom stereocenters. The van der Waals surface area contributed by atoms with E-state index in [1.54, 1.807) is 12.3 Å². The van der Waals surface area contributed by atoms with E-state index in [0.29, 0.717) is 17.7 Å². The highest BCUT2D eigenvalue weighted by Crippen LogP contribution is 2.33. The van der Waals surface area contributed by atoms with E-state index in [0.717, 1.165) is 10.2 Å². The Morgan fingerprint density at radius 1 is 1.22 bits per heavy atom. The molecule has 1 aromatic heterocycles. The van der Waals surface area contributed by atoms with Gasteiger partial charge in [-0.15, -0.1) is 0 Å². The Morgan fingerprint density at radius 3 is 2.83 bits per heavy atom. The second-order valence-corrected chi connectivity index (χ2v) is 5.05. The molecule has 0 N–H and O–H groups in total. The highest BCUT2D eigenvalue weighted by molar-refractivity contribution is 9.10. The highest BCUT2D eigenvalue weighted by Gasteiger charge is 2.27. The van der Waals surface area contributed by atoms with Gasteiger partial charge in [0, 0.05) is 10.7 Å². The third-order valence-electron chi connectivity index (χ3n) is 2.91. The molecule has 18 heavy (non-hydrogen) atoms. The van der Waals surface area contributed by atoms with Gasteiger partial charge in [-0.25, -0.2) is 0 Å². The zero-order valence-electron chi connectivity index (χ0n) is 9.47. The quantitative estimate of drug-likeness (QED) is 0.809. The van der Waals surface area contributed by atoms with E-state index in [1.165, 1.54) is 0 Å². The Morgan fingerprint density at radius 2 is 2.06 bits per heavy atom. The standard InChI is InChI=1S/C14H10BrNO2/c15-9-5-6-11(16-8-9)14-7-12(17)10-3-1-2-4-13(10)18-14/h1-6,8,14H,7H2. The fourth-order valence-corrected chi connectivity index (χ4v) is 2.25. The van der Waals surface area contributed by atoms with Gasteiger partial charge in [-0.1, -0.05) is 12.1 Å². The molecule has 0 aliphatic carbocycles. The number of rotatable bonds is 1. The van der Waals surface area contributed by atoms with E-state index in [4.69, 9.17) is 4.74 Å². The number of carbonyl (C=O) groups is 1. The van der Waals surface area contributed by atoms with Gasteiger partial charge in [0.15, 0.2) is 5.78 Å². The number of nitrogens with zero attached hydrogens (tertiary/aromatic N) is 1. The van der Waals surface area contributed by atoms with Crippen molar-refractivity contribution in [3.05, 3.63) is 58.3 Å². The van der Waals surface area contributed by atoms with Crippen LogP contribution in [0.15, 0.2) is 47.1 Å². The lowest BCUT2D eigenvalue weighted by Crippen LogP contribution is -2.20. The summed E-state index contributed by atoms with van der Waals surface area (Å²) >= 11 is 3.34. The van der Waals surface area contributed by atoms with E-state index in [-0.39, 0.29) is 11.9 Å². The van der Waals surface area contributed by atoms with E-state index in [2.05, 4.69) is 20.9 Å². The molecule has 1 aromatic carbocycles. The van der Waals surface area contributed by atoms with Crippen LogP contribution in [0.1, 0.15) is 28.6 Å². The van der Waals surface area contributed by atoms with Gasteiger partial charge >= 0.3 is 0 Å². The maximum Gasteiger partial charge on any atom is 0.170 e. The smallest absolute Gasteiger partial charge is 0.170 e. The van der Waals surface area contributed by atoms with Crippen LogP contribution >= 0.6 is 15.9 Å². The number of para-hydroxylation sites is 1. The number of hydrogen-bond acceptors (Lipinski definition) is 3. The number of hydrogen-bond donors (Lipinski definition) is 0. The summed E-state index contributed by atoms with van der Waals surface area (Å²) < 4.78 is 6.74. The molecule has 2 heterocycles. The number of benzene rings is 1. The monoisotopic (exact) mass is 303 g/mol. The summed E-state index contributed by atoms with van der Waals surface area (Å²) in [6.45, 7) is 0. The van der Waals surface area contributed by atoms with Crippen molar-refractivity contribution in [1.29, 1.82) is 0 Å². The molecule has 2 aromatic rings. The summed E-state index contributed by atoms with van der Waals surface area (Å²) in [6.07, 6.45) is 1.76. The number of ketones is 1. The lowest BCUT2D eigenvalue weighted by atomic mass is 9.99. The molecule has 0 fully saturated rings. The van der Waals surface area contributed by atoms with Crippen LogP contribution < -0.4 is 4.74 Å². The average molecular weight is 304 g/mol. The van der Waals surface area contributed by atoms with Crippen LogP contribution in [-0.2, 0) is 0 Å². The molecule has 0 spiro atoms. The Kier molecular flexibility index (Phi) is 2.88. The summed E-state index contributed by atoms with van der Waals surface area (Å²) in [5.41, 5.74) is 1.44. The molecule has 1 aliphatic heterocycles. The number of Topliss-reactive ketones (excluding diaryl/α,β-unsaturated/α-hetero) is 1. The predicted octanol–water partition coefficient (Wildman–Crippen LogP) is 3.55. The van der Waals surface area contributed by atoms with Crippen molar-refractivity contribution in [2.75, 3.05) is 0 Å². The summed E-state index contributed by atoms with van der Waals surface area (Å²) in [5.74, 6) is 0.745. The first-order valence-electron chi connectivity index (χ1n) is 5.64. The van der Waals surface area contributed by atoms with Crippen LogP contribution in [0.4, 0.5) is 0 Å². The number of fused-ring (bicyclic) bond motifs is 1. The van der Waals surface area contributed by atoms with Gasteiger partial charge in [0.05, 0.1) is 17.7 Å². The van der Waals surface area contributed by atoms with Gasteiger partial charge in [-0.2, -0.15) is 0 Å². The van der Waals surface area contributed by atoms with Crippen molar-refractivity contribution < 1.29 is 9.53 Å². The zero-order chi connectivity index (χ0) is 12.5. The largest absolute Gasteiger partial charge is 0.483 e. The first kappa shape index (κ1) is 11.4. The van der Waals surface area contributed by atoms with Crippen LogP contribution in [0.5, 0.6) is 5.75 Å². The molecule has 1 unspecified atom stereocenters. The number of ether oxygens (including phenoxy) is 1. The van der Waals surface area contributed by atoms with Gasteiger partial charge in [0.25, 0.3) is 0 Å². The normalized spacial score (nSPS) is 18.1. The fraction of sp³-hybridized carbons (Fsp3) is 0.143. The SMILES string of the molecule is O=C1CC(c2ccc(Br)cn2)Oc2ccccc21. The topological polar surface area (TPSA) is 39.2 Å². The molecular weight excluding hydrogens is 294 g/mol. The molecule has 0 bridgehead atoms. The van der Waals surface area contributed by atoms with Gasteiger partial charge < -0.3 is 4.74 Å². The number of aromatic nitrogens is 1. The van der Waals surface area contributed by atoms with Crippen LogP contribution in [0, 0.1) is 0 Å². The second kappa shape index (κ2) is 4.53. The van der Waals surface area contributed by atoms with E-state index in [1.807, 2.05) is 30.3 Å². The minimum atomic E-state index is -0.291. The van der Waals surface area contributed by atoms with E-state index < -0.39 is 0 Å². The Hall–Kier alpha value is -1.68. The van der Waals surface area contributed by atoms with Gasteiger partial charge in [-0.3, -0.25) is 9.78 Å². The van der Waals surface area contributed by atoms with Crippen molar-refractivity contribution in [2.45, 2.75) is 12.5 Å². The molecule has 1 aliphatic rings. The maximum absolute atomic E-state index is 12.0. The minimum Gasteiger partial charge on any atom is -0.483 e. The molecule has 0 amide bonds. The first-order chi connectivity index (χ1) is 8.74. The zero-order valence-corrected chi connectivity index (χ0v) is 11.1. The molecule has 0 saturated carbocycles. The lowest BCUT2D eigenvalue weighted by molar-refractivity contribution is 0.0845. The molecule has 0 saturated heterocycles. The van der Waals surface area contributed by atoms with Gasteiger partial charge in [0.1, 0.15) is 11.9 Å². The predicted molar refractivity (Wildman–Crippen MR) is 70.7 cm³/mol. The van der Waals surface area contributed by atoms with Crippen LogP contribution in [0.2, 0.25) is 0 Å². The van der Waals surface area contributed by atoms with Crippen molar-refractivity contribution >= 4 is 21.7 Å². The number of pyridine rings is 1. The van der Waals surface area contributed by atoms with Crippen molar-refractivity contribution in [1.82, 2.24) is 4.98 Å². The summed E-state index contributed by atoms with van der Waals surface area (Å²) in [7, 11) is 0. The summed E-state index contributed by atoms with van der Waals surface area (Å²) in [6, 6.07) is 11.1. The second-order valence-electron chi connectivity index (χ2n) is 4.13. The van der Waals surface area contributed by atoms with Gasteiger partial charge in [-0.05, 0) is 40.2 Å². The molecule has 0 radical (unpaired) electrons. The number of carbonyl (C=O) groups excluding carboxylic acids is 1. The Labute approximate surface area is 113 Å². The first-order valence-corrected chi connectivity index (χ1v) is 6.43. The van der Waals surface area contributed by atoms with Crippen LogP contribution in [0.3, 0.4) is 0 Å². The Bertz CT molecular complexity index is 595. The summed E-state index contributed by atoms with van der Waals surface area (Å²) in [4.78, 5) is 16.3. The average Bonchev–Trinajstić information content (AvgIpc) is 2.39. The van der Waals surface area contributed by atoms with E-state index in [9.17, 15) is 4.79 Å². The van der Waals surface area contributed by atoms with E-state index >= 15 is 0 Å². The lowest BCUT2D eigenvalue weighted by Gasteiger charge is -2.24. The third-order valence-corrected chi connectivity index (χ3v) is 3.38. The van der Waals surface area contributed by atoms with Crippen molar-refractivity contribution in [3.8, 4) is 5.75 Å². The number of halogens is 1. The minimum absolute atomic E-state index is 0.103. The highest BCUT2D eigenvalue weighted by atomic mass is 79.9. The van der Waals surface area contributed by atoms with Crippen LogP contribution in [-0.4, -0.2) is 10.8 Å². The van der Waals surface area contributed by atoms with Crippen molar-refractivity contribution in [2.24, 2.45) is 0 Å². The molecule has 3 nitrogen and oxygen atoms in total. The molecule has 4 heteroatoms. The van der Waals surface area contributed by atoms with Gasteiger partial charge in [0.2, 0.25) is 0 Å². The Balaban J connectivity index is 1.94. The van der Waals surface area contributed by atoms with Crippen molar-refractivity contribution in [3.63, 3.8) is 0 Å². The molecular formula is C14H10BrNO2. The molecule has 90 valence electrons. The molecule has 3 rings (SSSR count). The van der Waals surface area contributed by atoms with Crippen LogP contribution in [0.25, 0.3) is 0 Å². The summed E-state index contributed by atoms with van der Waals surface area (Å²) in [5, 5.41) is 0. The fourth-order valence-electron chi connectivity index (χ4n) is 2.02.